The monoisotopic (exact) mass is 281 g/mol. The first kappa shape index (κ1) is 17.2. The minimum atomic E-state index is -0.269. The first-order chi connectivity index (χ1) is 9.46. The molecule has 0 radical (unpaired) electrons. The van der Waals surface area contributed by atoms with Crippen LogP contribution in [0.4, 0.5) is 0 Å². The highest BCUT2D eigenvalue weighted by Gasteiger charge is 2.20. The lowest BCUT2D eigenvalue weighted by molar-refractivity contribution is 0.0988. The second-order valence-electron chi connectivity index (χ2n) is 5.67. The SMILES string of the molecule is CCC(CC)C(O)CNC(C)c1c(C)nn(CC)c1C. The maximum Gasteiger partial charge on any atom is 0.0692 e. The molecule has 0 aliphatic heterocycles. The van der Waals surface area contributed by atoms with Gasteiger partial charge in [0.05, 0.1) is 11.8 Å². The number of nitrogens with one attached hydrogen (secondary N) is 1. The summed E-state index contributed by atoms with van der Waals surface area (Å²) in [6.07, 6.45) is 1.79. The Morgan fingerprint density at radius 3 is 2.25 bits per heavy atom. The third-order valence-corrected chi connectivity index (χ3v) is 4.40. The zero-order chi connectivity index (χ0) is 15.3. The number of aliphatic hydroxyl groups is 1. The summed E-state index contributed by atoms with van der Waals surface area (Å²) >= 11 is 0. The van der Waals surface area contributed by atoms with Crippen molar-refractivity contribution in [1.29, 1.82) is 0 Å². The summed E-state index contributed by atoms with van der Waals surface area (Å²) in [6.45, 7) is 14.3. The van der Waals surface area contributed by atoms with Crippen molar-refractivity contribution in [3.05, 3.63) is 17.0 Å². The molecule has 0 saturated carbocycles. The van der Waals surface area contributed by atoms with E-state index in [1.807, 2.05) is 4.68 Å². The molecular formula is C16H31N3O. The van der Waals surface area contributed by atoms with Gasteiger partial charge in [-0.3, -0.25) is 4.68 Å². The van der Waals surface area contributed by atoms with E-state index in [-0.39, 0.29) is 12.1 Å². The number of rotatable bonds is 8. The molecule has 2 N–H and O–H groups in total. The summed E-state index contributed by atoms with van der Waals surface area (Å²) in [7, 11) is 0. The van der Waals surface area contributed by atoms with Gasteiger partial charge in [-0.25, -0.2) is 0 Å². The average Bonchev–Trinajstić information content (AvgIpc) is 2.72. The molecule has 20 heavy (non-hydrogen) atoms. The maximum absolute atomic E-state index is 10.2. The topological polar surface area (TPSA) is 50.1 Å². The number of hydrogen-bond acceptors (Lipinski definition) is 3. The van der Waals surface area contributed by atoms with E-state index < -0.39 is 0 Å². The Morgan fingerprint density at radius 1 is 1.20 bits per heavy atom. The van der Waals surface area contributed by atoms with Gasteiger partial charge in [-0.2, -0.15) is 5.10 Å². The van der Waals surface area contributed by atoms with Gasteiger partial charge in [0.2, 0.25) is 0 Å². The molecule has 2 atom stereocenters. The van der Waals surface area contributed by atoms with Crippen molar-refractivity contribution in [2.45, 2.75) is 73.1 Å². The minimum Gasteiger partial charge on any atom is -0.392 e. The highest BCUT2D eigenvalue weighted by atomic mass is 16.3. The Morgan fingerprint density at radius 2 is 1.80 bits per heavy atom. The molecule has 1 heterocycles. The number of aliphatic hydroxyl groups excluding tert-OH is 1. The Balaban J connectivity index is 2.68. The molecule has 116 valence electrons. The first-order valence-corrected chi connectivity index (χ1v) is 7.91. The van der Waals surface area contributed by atoms with Crippen LogP contribution < -0.4 is 5.32 Å². The maximum atomic E-state index is 10.2. The summed E-state index contributed by atoms with van der Waals surface area (Å²) in [4.78, 5) is 0. The molecule has 0 spiro atoms. The molecule has 0 bridgehead atoms. The molecule has 4 nitrogen and oxygen atoms in total. The lowest BCUT2D eigenvalue weighted by Gasteiger charge is -2.23. The zero-order valence-corrected chi connectivity index (χ0v) is 13.9. The van der Waals surface area contributed by atoms with E-state index in [0.717, 1.165) is 25.1 Å². The van der Waals surface area contributed by atoms with Crippen molar-refractivity contribution in [3.8, 4) is 0 Å². The standard InChI is InChI=1S/C16H31N3O/c1-7-14(8-2)15(20)10-17-11(4)16-12(5)18-19(9-3)13(16)6/h11,14-15,17,20H,7-10H2,1-6H3. The molecule has 4 heteroatoms. The van der Waals surface area contributed by atoms with Gasteiger partial charge in [0, 0.05) is 30.4 Å². The lowest BCUT2D eigenvalue weighted by atomic mass is 9.96. The molecule has 1 aromatic heterocycles. The normalized spacial score (nSPS) is 14.8. The van der Waals surface area contributed by atoms with E-state index in [1.165, 1.54) is 11.3 Å². The summed E-state index contributed by atoms with van der Waals surface area (Å²) in [5, 5.41) is 18.2. The molecule has 0 aliphatic rings. The molecule has 0 fully saturated rings. The van der Waals surface area contributed by atoms with Gasteiger partial charge in [0.25, 0.3) is 0 Å². The van der Waals surface area contributed by atoms with Crippen LogP contribution in [0.15, 0.2) is 0 Å². The van der Waals surface area contributed by atoms with Gasteiger partial charge in [-0.15, -0.1) is 0 Å². The molecule has 0 aliphatic carbocycles. The lowest BCUT2D eigenvalue weighted by Crippen LogP contribution is -2.34. The quantitative estimate of drug-likeness (QED) is 0.770. The van der Waals surface area contributed by atoms with Crippen LogP contribution in [-0.2, 0) is 6.54 Å². The van der Waals surface area contributed by atoms with Crippen LogP contribution >= 0.6 is 0 Å². The first-order valence-electron chi connectivity index (χ1n) is 7.91. The predicted molar refractivity (Wildman–Crippen MR) is 83.9 cm³/mol. The third kappa shape index (κ3) is 3.83. The number of nitrogens with zero attached hydrogens (tertiary/aromatic N) is 2. The number of aromatic nitrogens is 2. The zero-order valence-electron chi connectivity index (χ0n) is 13.9. The van der Waals surface area contributed by atoms with Gasteiger partial charge in [0.15, 0.2) is 0 Å². The van der Waals surface area contributed by atoms with Gasteiger partial charge < -0.3 is 10.4 Å². The van der Waals surface area contributed by atoms with Gasteiger partial charge >= 0.3 is 0 Å². The molecule has 1 aromatic rings. The summed E-state index contributed by atoms with van der Waals surface area (Å²) in [5.41, 5.74) is 3.58. The van der Waals surface area contributed by atoms with Crippen molar-refractivity contribution in [2.24, 2.45) is 5.92 Å². The van der Waals surface area contributed by atoms with E-state index in [4.69, 9.17) is 0 Å². The van der Waals surface area contributed by atoms with Gasteiger partial charge in [0.1, 0.15) is 0 Å². The summed E-state index contributed by atoms with van der Waals surface area (Å²) in [6, 6.07) is 0.222. The van der Waals surface area contributed by atoms with Crippen molar-refractivity contribution in [3.63, 3.8) is 0 Å². The average molecular weight is 281 g/mol. The van der Waals surface area contributed by atoms with E-state index in [1.54, 1.807) is 0 Å². The molecule has 0 amide bonds. The van der Waals surface area contributed by atoms with Crippen LogP contribution in [0.25, 0.3) is 0 Å². The van der Waals surface area contributed by atoms with E-state index in [9.17, 15) is 5.11 Å². The molecule has 1 rings (SSSR count). The van der Waals surface area contributed by atoms with Crippen molar-refractivity contribution >= 4 is 0 Å². The largest absolute Gasteiger partial charge is 0.392 e. The van der Waals surface area contributed by atoms with E-state index in [2.05, 4.69) is 52.0 Å². The molecule has 0 saturated heterocycles. The Hall–Kier alpha value is -0.870. The van der Waals surface area contributed by atoms with Crippen molar-refractivity contribution in [2.75, 3.05) is 6.54 Å². The number of aryl methyl sites for hydroxylation is 2. The van der Waals surface area contributed by atoms with E-state index in [0.29, 0.717) is 12.5 Å². The van der Waals surface area contributed by atoms with Gasteiger partial charge in [-0.05, 0) is 33.6 Å². The molecule has 2 unspecified atom stereocenters. The Bertz CT molecular complexity index is 410. The van der Waals surface area contributed by atoms with Crippen molar-refractivity contribution < 1.29 is 5.11 Å². The van der Waals surface area contributed by atoms with Crippen LogP contribution in [0, 0.1) is 19.8 Å². The minimum absolute atomic E-state index is 0.222. The van der Waals surface area contributed by atoms with Crippen LogP contribution in [0.1, 0.15) is 63.5 Å². The van der Waals surface area contributed by atoms with Crippen LogP contribution in [0.5, 0.6) is 0 Å². The smallest absolute Gasteiger partial charge is 0.0692 e. The summed E-state index contributed by atoms with van der Waals surface area (Å²) < 4.78 is 2.04. The van der Waals surface area contributed by atoms with Crippen LogP contribution in [0.2, 0.25) is 0 Å². The Kier molecular flexibility index (Phi) is 6.69. The van der Waals surface area contributed by atoms with Gasteiger partial charge in [-0.1, -0.05) is 26.7 Å². The second kappa shape index (κ2) is 7.79. The molecular weight excluding hydrogens is 250 g/mol. The fraction of sp³-hybridized carbons (Fsp3) is 0.812. The number of hydrogen-bond donors (Lipinski definition) is 2. The van der Waals surface area contributed by atoms with E-state index >= 15 is 0 Å². The fourth-order valence-electron chi connectivity index (χ4n) is 3.04. The Labute approximate surface area is 123 Å². The van der Waals surface area contributed by atoms with Crippen LogP contribution in [-0.4, -0.2) is 27.5 Å². The molecule has 0 aromatic carbocycles. The second-order valence-corrected chi connectivity index (χ2v) is 5.67. The predicted octanol–water partition coefficient (Wildman–Crippen LogP) is 2.97. The van der Waals surface area contributed by atoms with Crippen LogP contribution in [0.3, 0.4) is 0 Å². The third-order valence-electron chi connectivity index (χ3n) is 4.40. The highest BCUT2D eigenvalue weighted by molar-refractivity contribution is 5.27. The fourth-order valence-corrected chi connectivity index (χ4v) is 3.04. The highest BCUT2D eigenvalue weighted by Crippen LogP contribution is 2.22. The van der Waals surface area contributed by atoms with Crippen molar-refractivity contribution in [1.82, 2.24) is 15.1 Å². The summed E-state index contributed by atoms with van der Waals surface area (Å²) in [5.74, 6) is 0.384.